The van der Waals surface area contributed by atoms with Crippen LogP contribution in [0.15, 0.2) is 73.1 Å². The van der Waals surface area contributed by atoms with Crippen molar-refractivity contribution < 1.29 is 4.79 Å². The van der Waals surface area contributed by atoms with Crippen molar-refractivity contribution in [3.05, 3.63) is 84.2 Å². The summed E-state index contributed by atoms with van der Waals surface area (Å²) in [5, 5.41) is 7.38. The van der Waals surface area contributed by atoms with Gasteiger partial charge in [0.25, 0.3) is 0 Å². The smallest absolute Gasteiger partial charge is 0.224 e. The molecule has 1 N–H and O–H groups in total. The molecule has 1 aromatic heterocycles. The molecule has 5 heteroatoms. The molecule has 0 unspecified atom stereocenters. The monoisotopic (exact) mass is 348 g/mol. The number of hydrogen-bond donors (Lipinski definition) is 1. The van der Waals surface area contributed by atoms with E-state index >= 15 is 0 Å². The highest BCUT2D eigenvalue weighted by Crippen LogP contribution is 2.16. The van der Waals surface area contributed by atoms with Gasteiger partial charge in [-0.05, 0) is 37.4 Å². The molecular formula is C21H24N4O. The van der Waals surface area contributed by atoms with Gasteiger partial charge in [-0.3, -0.25) is 4.79 Å². The van der Waals surface area contributed by atoms with E-state index in [0.29, 0.717) is 13.0 Å². The van der Waals surface area contributed by atoms with E-state index in [1.807, 2.05) is 68.8 Å². The molecule has 0 aliphatic rings. The van der Waals surface area contributed by atoms with Crippen LogP contribution in [-0.2, 0) is 11.2 Å². The minimum Gasteiger partial charge on any atom is -0.354 e. The topological polar surface area (TPSA) is 50.2 Å². The van der Waals surface area contributed by atoms with Crippen LogP contribution in [-0.4, -0.2) is 41.2 Å². The molecule has 1 atom stereocenters. The van der Waals surface area contributed by atoms with Gasteiger partial charge in [-0.25, -0.2) is 4.68 Å². The van der Waals surface area contributed by atoms with Crippen molar-refractivity contribution in [2.45, 2.75) is 12.5 Å². The standard InChI is InChI=1S/C21H24N4O/c1-24(2)20(18-9-5-3-6-10-18)15-22-21(26)13-17-14-23-25(16-17)19-11-7-4-8-12-19/h3-12,14,16,20H,13,15H2,1-2H3,(H,22,26)/t20-/m0/s1. The number of aromatic nitrogens is 2. The minimum absolute atomic E-state index is 0.000364. The summed E-state index contributed by atoms with van der Waals surface area (Å²) < 4.78 is 1.79. The SMILES string of the molecule is CN(C)[C@@H](CNC(=O)Cc1cnn(-c2ccccc2)c1)c1ccccc1. The Labute approximate surface area is 154 Å². The van der Waals surface area contributed by atoms with E-state index in [1.54, 1.807) is 10.9 Å². The summed E-state index contributed by atoms with van der Waals surface area (Å²) in [6.07, 6.45) is 3.96. The lowest BCUT2D eigenvalue weighted by Crippen LogP contribution is -2.35. The number of carbonyl (C=O) groups excluding carboxylic acids is 1. The first-order chi connectivity index (χ1) is 12.6. The lowest BCUT2D eigenvalue weighted by Gasteiger charge is -2.25. The van der Waals surface area contributed by atoms with Gasteiger partial charge in [0.05, 0.1) is 24.3 Å². The third-order valence-corrected chi connectivity index (χ3v) is 4.32. The van der Waals surface area contributed by atoms with Crippen LogP contribution < -0.4 is 5.32 Å². The largest absolute Gasteiger partial charge is 0.354 e. The molecule has 134 valence electrons. The van der Waals surface area contributed by atoms with E-state index in [0.717, 1.165) is 11.3 Å². The van der Waals surface area contributed by atoms with E-state index in [1.165, 1.54) is 5.56 Å². The molecule has 1 heterocycles. The van der Waals surface area contributed by atoms with E-state index in [4.69, 9.17) is 0 Å². The van der Waals surface area contributed by atoms with Crippen LogP contribution in [0.5, 0.6) is 0 Å². The maximum Gasteiger partial charge on any atom is 0.224 e. The molecular weight excluding hydrogens is 324 g/mol. The zero-order valence-corrected chi connectivity index (χ0v) is 15.2. The van der Waals surface area contributed by atoms with E-state index in [2.05, 4.69) is 27.4 Å². The fraction of sp³-hybridized carbons (Fsp3) is 0.238. The van der Waals surface area contributed by atoms with Crippen molar-refractivity contribution in [1.82, 2.24) is 20.0 Å². The van der Waals surface area contributed by atoms with Gasteiger partial charge >= 0.3 is 0 Å². The molecule has 5 nitrogen and oxygen atoms in total. The predicted molar refractivity (Wildman–Crippen MR) is 103 cm³/mol. The predicted octanol–water partition coefficient (Wildman–Crippen LogP) is 2.83. The summed E-state index contributed by atoms with van der Waals surface area (Å²) in [7, 11) is 4.04. The Morgan fingerprint density at radius 1 is 1.08 bits per heavy atom. The number of nitrogens with zero attached hydrogens (tertiary/aromatic N) is 3. The summed E-state index contributed by atoms with van der Waals surface area (Å²) in [6, 6.07) is 20.2. The first-order valence-electron chi connectivity index (χ1n) is 8.70. The number of hydrogen-bond acceptors (Lipinski definition) is 3. The number of rotatable bonds is 7. The summed E-state index contributed by atoms with van der Waals surface area (Å²) in [4.78, 5) is 14.5. The molecule has 0 aliphatic carbocycles. The van der Waals surface area contributed by atoms with Crippen molar-refractivity contribution >= 4 is 5.91 Å². The molecule has 0 bridgehead atoms. The van der Waals surface area contributed by atoms with Crippen LogP contribution in [0.25, 0.3) is 5.69 Å². The maximum atomic E-state index is 12.3. The van der Waals surface area contributed by atoms with Gasteiger partial charge in [0.1, 0.15) is 0 Å². The lowest BCUT2D eigenvalue weighted by molar-refractivity contribution is -0.120. The van der Waals surface area contributed by atoms with Gasteiger partial charge in [-0.1, -0.05) is 48.5 Å². The Kier molecular flexibility index (Phi) is 5.81. The number of carbonyl (C=O) groups is 1. The number of para-hydroxylation sites is 1. The zero-order valence-electron chi connectivity index (χ0n) is 15.2. The van der Waals surface area contributed by atoms with Gasteiger partial charge < -0.3 is 10.2 Å². The van der Waals surface area contributed by atoms with Crippen molar-refractivity contribution in [1.29, 1.82) is 0 Å². The molecule has 0 fully saturated rings. The van der Waals surface area contributed by atoms with Gasteiger partial charge in [0, 0.05) is 12.7 Å². The number of benzene rings is 2. The van der Waals surface area contributed by atoms with Crippen molar-refractivity contribution in [2.24, 2.45) is 0 Å². The highest BCUT2D eigenvalue weighted by atomic mass is 16.1. The molecule has 3 rings (SSSR count). The van der Waals surface area contributed by atoms with Crippen LogP contribution in [0.1, 0.15) is 17.2 Å². The third kappa shape index (κ3) is 4.58. The molecule has 1 amide bonds. The second-order valence-corrected chi connectivity index (χ2v) is 6.50. The van der Waals surface area contributed by atoms with Crippen LogP contribution in [0.2, 0.25) is 0 Å². The highest BCUT2D eigenvalue weighted by Gasteiger charge is 2.15. The zero-order chi connectivity index (χ0) is 18.4. The number of nitrogens with one attached hydrogen (secondary N) is 1. The first-order valence-corrected chi connectivity index (χ1v) is 8.70. The number of amides is 1. The summed E-state index contributed by atoms with van der Waals surface area (Å²) in [5.74, 6) is 0.000364. The molecule has 0 spiro atoms. The van der Waals surface area contributed by atoms with Gasteiger partial charge in [-0.2, -0.15) is 5.10 Å². The second kappa shape index (κ2) is 8.45. The highest BCUT2D eigenvalue weighted by molar-refractivity contribution is 5.78. The summed E-state index contributed by atoms with van der Waals surface area (Å²) in [5.41, 5.74) is 3.07. The Balaban J connectivity index is 1.58. The molecule has 0 saturated heterocycles. The molecule has 0 aliphatic heterocycles. The van der Waals surface area contributed by atoms with Gasteiger partial charge in [-0.15, -0.1) is 0 Å². The Morgan fingerprint density at radius 3 is 2.38 bits per heavy atom. The second-order valence-electron chi connectivity index (χ2n) is 6.50. The van der Waals surface area contributed by atoms with Crippen LogP contribution in [0.3, 0.4) is 0 Å². The van der Waals surface area contributed by atoms with Crippen molar-refractivity contribution in [3.63, 3.8) is 0 Å². The molecule has 0 saturated carbocycles. The quantitative estimate of drug-likeness (QED) is 0.714. The fourth-order valence-corrected chi connectivity index (χ4v) is 2.91. The van der Waals surface area contributed by atoms with Crippen molar-refractivity contribution in [3.8, 4) is 5.69 Å². The number of likely N-dealkylation sites (N-methyl/N-ethyl adjacent to an activating group) is 1. The van der Waals surface area contributed by atoms with E-state index in [9.17, 15) is 4.79 Å². The Hall–Kier alpha value is -2.92. The van der Waals surface area contributed by atoms with Crippen molar-refractivity contribution in [2.75, 3.05) is 20.6 Å². The Bertz CT molecular complexity index is 827. The summed E-state index contributed by atoms with van der Waals surface area (Å²) >= 11 is 0. The Morgan fingerprint density at radius 2 is 1.73 bits per heavy atom. The van der Waals surface area contributed by atoms with Crippen LogP contribution >= 0.6 is 0 Å². The molecule has 0 radical (unpaired) electrons. The average Bonchev–Trinajstić information content (AvgIpc) is 3.11. The van der Waals surface area contributed by atoms with E-state index in [-0.39, 0.29) is 11.9 Å². The van der Waals surface area contributed by atoms with Crippen LogP contribution in [0.4, 0.5) is 0 Å². The average molecular weight is 348 g/mol. The third-order valence-electron chi connectivity index (χ3n) is 4.32. The molecule has 26 heavy (non-hydrogen) atoms. The van der Waals surface area contributed by atoms with E-state index < -0.39 is 0 Å². The fourth-order valence-electron chi connectivity index (χ4n) is 2.91. The van der Waals surface area contributed by atoms with Gasteiger partial charge in [0.2, 0.25) is 5.91 Å². The maximum absolute atomic E-state index is 12.3. The first kappa shape index (κ1) is 17.9. The summed E-state index contributed by atoms with van der Waals surface area (Å²) in [6.45, 7) is 0.572. The minimum atomic E-state index is 0.000364. The molecule has 2 aromatic carbocycles. The normalized spacial score (nSPS) is 12.1. The van der Waals surface area contributed by atoms with Crippen LogP contribution in [0, 0.1) is 0 Å². The van der Waals surface area contributed by atoms with Gasteiger partial charge in [0.15, 0.2) is 0 Å². The lowest BCUT2D eigenvalue weighted by atomic mass is 10.1. The molecule has 3 aromatic rings.